The average molecular weight is 638 g/mol. The summed E-state index contributed by atoms with van der Waals surface area (Å²) >= 11 is 0. The van der Waals surface area contributed by atoms with Crippen molar-refractivity contribution in [3.63, 3.8) is 0 Å². The summed E-state index contributed by atoms with van der Waals surface area (Å²) in [6, 6.07) is 13.0. The van der Waals surface area contributed by atoms with E-state index < -0.39 is 52.7 Å². The molecule has 1 saturated heterocycles. The quantitative estimate of drug-likeness (QED) is 0.215. The summed E-state index contributed by atoms with van der Waals surface area (Å²) in [5, 5.41) is 10.1. The lowest BCUT2D eigenvalue weighted by Crippen LogP contribution is -2.46. The number of hydrogen-bond donors (Lipinski definition) is 1. The number of benzene rings is 2. The molecule has 1 unspecified atom stereocenters. The monoisotopic (exact) mass is 637 g/mol. The van der Waals surface area contributed by atoms with Gasteiger partial charge in [0.25, 0.3) is 0 Å². The number of hydrogen-bond acceptors (Lipinski definition) is 6. The number of rotatable bonds is 11. The molecule has 1 aliphatic heterocycles. The fourth-order valence-corrected chi connectivity index (χ4v) is 5.91. The van der Waals surface area contributed by atoms with Gasteiger partial charge < -0.3 is 24.1 Å². The predicted molar refractivity (Wildman–Crippen MR) is 158 cm³/mol. The molecule has 1 fully saturated rings. The van der Waals surface area contributed by atoms with E-state index in [9.17, 15) is 27.1 Å². The van der Waals surface area contributed by atoms with Gasteiger partial charge in [-0.1, -0.05) is 50.2 Å². The summed E-state index contributed by atoms with van der Waals surface area (Å²) in [6.45, 7) is 9.66. The fraction of sp³-hybridized carbons (Fsp3) is 0.500. The molecule has 45 heavy (non-hydrogen) atoms. The molecule has 6 nitrogen and oxygen atoms in total. The second-order valence-corrected chi connectivity index (χ2v) is 12.5. The highest BCUT2D eigenvalue weighted by molar-refractivity contribution is 5.45. The van der Waals surface area contributed by atoms with E-state index in [0.717, 1.165) is 25.7 Å². The Morgan fingerprint density at radius 1 is 1.09 bits per heavy atom. The zero-order valence-corrected chi connectivity index (χ0v) is 26.5. The second-order valence-electron chi connectivity index (χ2n) is 12.5. The van der Waals surface area contributed by atoms with Crippen molar-refractivity contribution >= 4 is 0 Å². The third kappa shape index (κ3) is 7.26. The smallest absolute Gasteiger partial charge is 0.417 e. The number of pyridine rings is 1. The Bertz CT molecular complexity index is 1480. The van der Waals surface area contributed by atoms with Crippen molar-refractivity contribution in [3.8, 4) is 11.5 Å². The summed E-state index contributed by atoms with van der Waals surface area (Å²) in [5.41, 5.74) is -1.49. The zero-order chi connectivity index (χ0) is 33.3. The maximum absolute atomic E-state index is 14.9. The molecule has 2 aromatic carbocycles. The minimum Gasteiger partial charge on any atom is -0.493 e. The Kier molecular flexibility index (Phi) is 10.2. The molecule has 3 aromatic rings. The molecule has 0 bridgehead atoms. The molecule has 0 saturated carbocycles. The van der Waals surface area contributed by atoms with Crippen LogP contribution in [0, 0.1) is 24.5 Å². The van der Waals surface area contributed by atoms with E-state index in [-0.39, 0.29) is 37.0 Å². The number of methoxy groups -OCH3 is 1. The van der Waals surface area contributed by atoms with Gasteiger partial charge in [-0.3, -0.25) is 4.98 Å². The Hall–Kier alpha value is -3.28. The Morgan fingerprint density at radius 2 is 1.76 bits per heavy atom. The third-order valence-corrected chi connectivity index (χ3v) is 8.39. The maximum atomic E-state index is 14.9. The van der Waals surface area contributed by atoms with E-state index >= 15 is 0 Å². The van der Waals surface area contributed by atoms with Crippen LogP contribution in [0.2, 0.25) is 0 Å². The van der Waals surface area contributed by atoms with Crippen molar-refractivity contribution in [2.45, 2.75) is 83.5 Å². The van der Waals surface area contributed by atoms with Crippen molar-refractivity contribution in [2.75, 3.05) is 20.3 Å². The SMILES string of the molecule is COc1c([C@H]2[C@H](c3cc(OCc4ccccc4)c(C(C)COCC(C)(C)O)c(C)n3)O[C@@](C)(C(F)(F)F)[C@H]2C)ccc(F)c1F. The number of halogens is 5. The van der Waals surface area contributed by atoms with Crippen LogP contribution in [0.25, 0.3) is 0 Å². The first-order chi connectivity index (χ1) is 21.0. The van der Waals surface area contributed by atoms with Crippen LogP contribution in [0.5, 0.6) is 11.5 Å². The van der Waals surface area contributed by atoms with Gasteiger partial charge in [-0.05, 0) is 39.3 Å². The van der Waals surface area contributed by atoms with Crippen LogP contribution in [0.1, 0.15) is 80.6 Å². The first kappa shape index (κ1) is 34.6. The van der Waals surface area contributed by atoms with E-state index in [1.54, 1.807) is 26.8 Å². The van der Waals surface area contributed by atoms with Crippen LogP contribution < -0.4 is 9.47 Å². The minimum absolute atomic E-state index is 0.0329. The molecule has 2 heterocycles. The summed E-state index contributed by atoms with van der Waals surface area (Å²) in [7, 11) is 1.13. The summed E-state index contributed by atoms with van der Waals surface area (Å²) in [4.78, 5) is 4.72. The molecule has 0 aliphatic carbocycles. The standard InChI is InChI=1S/C34H40F5NO5/c1-19(16-43-18-32(4,5)41)27-21(3)40-25(15-26(27)44-17-22-11-9-8-10-12-22)31-28(20(2)33(6,45-31)34(37,38)39)23-13-14-24(35)29(36)30(23)42-7/h8-15,19-20,28,31,41H,16-18H2,1-7H3/t19?,20-,28-,31-,33+/m0/s1. The molecule has 0 amide bonds. The molecular formula is C34H40F5NO5. The first-order valence-corrected chi connectivity index (χ1v) is 14.7. The fourth-order valence-electron chi connectivity index (χ4n) is 5.91. The van der Waals surface area contributed by atoms with Gasteiger partial charge in [0, 0.05) is 40.6 Å². The molecule has 0 spiro atoms. The van der Waals surface area contributed by atoms with Crippen LogP contribution in [0.4, 0.5) is 22.0 Å². The van der Waals surface area contributed by atoms with Crippen molar-refractivity contribution in [3.05, 3.63) is 88.2 Å². The number of aryl methyl sites for hydroxylation is 1. The molecule has 0 radical (unpaired) electrons. The van der Waals surface area contributed by atoms with Gasteiger partial charge in [0.05, 0.1) is 31.6 Å². The number of aliphatic hydroxyl groups is 1. The van der Waals surface area contributed by atoms with Crippen LogP contribution in [0.15, 0.2) is 48.5 Å². The highest BCUT2D eigenvalue weighted by Crippen LogP contribution is 2.59. The largest absolute Gasteiger partial charge is 0.493 e. The van der Waals surface area contributed by atoms with Crippen molar-refractivity contribution in [1.29, 1.82) is 0 Å². The van der Waals surface area contributed by atoms with Gasteiger partial charge in [0.15, 0.2) is 17.2 Å². The van der Waals surface area contributed by atoms with Gasteiger partial charge in [-0.2, -0.15) is 17.6 Å². The van der Waals surface area contributed by atoms with E-state index in [2.05, 4.69) is 0 Å². The summed E-state index contributed by atoms with van der Waals surface area (Å²) in [5.74, 6) is -5.24. The molecule has 1 aliphatic rings. The van der Waals surface area contributed by atoms with E-state index in [4.69, 9.17) is 23.9 Å². The lowest BCUT2D eigenvalue weighted by Gasteiger charge is -2.32. The lowest BCUT2D eigenvalue weighted by atomic mass is 9.76. The highest BCUT2D eigenvalue weighted by Gasteiger charge is 2.65. The van der Waals surface area contributed by atoms with Crippen molar-refractivity contribution < 1.29 is 46.0 Å². The Balaban J connectivity index is 1.84. The van der Waals surface area contributed by atoms with Gasteiger partial charge in [0.2, 0.25) is 5.82 Å². The molecular weight excluding hydrogens is 597 g/mol. The predicted octanol–water partition coefficient (Wildman–Crippen LogP) is 7.96. The first-order valence-electron chi connectivity index (χ1n) is 14.7. The van der Waals surface area contributed by atoms with Crippen LogP contribution >= 0.6 is 0 Å². The Morgan fingerprint density at radius 3 is 2.36 bits per heavy atom. The molecule has 4 rings (SSSR count). The molecule has 11 heteroatoms. The van der Waals surface area contributed by atoms with Crippen LogP contribution in [0.3, 0.4) is 0 Å². The molecule has 5 atom stereocenters. The number of nitrogens with zero attached hydrogens (tertiary/aromatic N) is 1. The highest BCUT2D eigenvalue weighted by atomic mass is 19.4. The zero-order valence-electron chi connectivity index (χ0n) is 26.5. The topological polar surface area (TPSA) is 70.0 Å². The third-order valence-electron chi connectivity index (χ3n) is 8.39. The second kappa shape index (κ2) is 13.2. The van der Waals surface area contributed by atoms with Gasteiger partial charge in [-0.25, -0.2) is 4.39 Å². The van der Waals surface area contributed by atoms with Crippen molar-refractivity contribution in [2.24, 2.45) is 5.92 Å². The van der Waals surface area contributed by atoms with Crippen LogP contribution in [-0.4, -0.2) is 47.8 Å². The number of aromatic nitrogens is 1. The Labute approximate surface area is 260 Å². The van der Waals surface area contributed by atoms with Gasteiger partial charge in [0.1, 0.15) is 18.5 Å². The molecule has 246 valence electrons. The molecule has 1 N–H and O–H groups in total. The van der Waals surface area contributed by atoms with E-state index in [0.29, 0.717) is 17.0 Å². The average Bonchev–Trinajstić information content (AvgIpc) is 3.24. The van der Waals surface area contributed by atoms with Crippen LogP contribution in [-0.2, 0) is 16.1 Å². The van der Waals surface area contributed by atoms with E-state index in [1.807, 2.05) is 37.3 Å². The maximum Gasteiger partial charge on any atom is 0.417 e. The lowest BCUT2D eigenvalue weighted by molar-refractivity contribution is -0.275. The van der Waals surface area contributed by atoms with E-state index in [1.165, 1.54) is 13.0 Å². The van der Waals surface area contributed by atoms with Gasteiger partial charge >= 0.3 is 6.18 Å². The van der Waals surface area contributed by atoms with Crippen molar-refractivity contribution in [1.82, 2.24) is 4.98 Å². The number of alkyl halides is 3. The normalized spacial score (nSPS) is 22.8. The minimum atomic E-state index is -4.79. The van der Waals surface area contributed by atoms with Gasteiger partial charge in [-0.15, -0.1) is 0 Å². The summed E-state index contributed by atoms with van der Waals surface area (Å²) < 4.78 is 95.8. The summed E-state index contributed by atoms with van der Waals surface area (Å²) in [6.07, 6.45) is -6.11. The molecule has 1 aromatic heterocycles. The number of ether oxygens (including phenoxy) is 4.